The molecule has 100 valence electrons. The van der Waals surface area contributed by atoms with Gasteiger partial charge >= 0.3 is 0 Å². The van der Waals surface area contributed by atoms with Gasteiger partial charge in [0, 0.05) is 6.54 Å². The summed E-state index contributed by atoms with van der Waals surface area (Å²) in [5.41, 5.74) is 1.16. The van der Waals surface area contributed by atoms with Crippen LogP contribution in [0.2, 0.25) is 0 Å². The molecular weight excluding hydrogens is 298 g/mol. The van der Waals surface area contributed by atoms with Gasteiger partial charge in [-0.3, -0.25) is 0 Å². The van der Waals surface area contributed by atoms with E-state index >= 15 is 0 Å². The first-order valence-corrected chi connectivity index (χ1v) is 6.84. The standard InChI is InChI=1S/C13H18BrNO3/c1-3-18-13-11(14)4-9(5-12(13)16-2)6-15-10-7-17-8-10/h4-5,10,15H,3,6-8H2,1-2H3. The molecule has 0 atom stereocenters. The number of hydrogen-bond acceptors (Lipinski definition) is 4. The smallest absolute Gasteiger partial charge is 0.175 e. The van der Waals surface area contributed by atoms with E-state index in [2.05, 4.69) is 27.3 Å². The molecule has 0 amide bonds. The molecule has 1 aliphatic rings. The van der Waals surface area contributed by atoms with E-state index in [0.29, 0.717) is 12.6 Å². The molecule has 18 heavy (non-hydrogen) atoms. The average molecular weight is 316 g/mol. The first-order valence-electron chi connectivity index (χ1n) is 6.05. The third kappa shape index (κ3) is 3.16. The molecule has 1 aromatic rings. The first kappa shape index (κ1) is 13.6. The lowest BCUT2D eigenvalue weighted by molar-refractivity contribution is -0.00579. The maximum Gasteiger partial charge on any atom is 0.175 e. The average Bonchev–Trinajstić information content (AvgIpc) is 2.30. The molecule has 0 spiro atoms. The van der Waals surface area contributed by atoms with Gasteiger partial charge in [-0.15, -0.1) is 0 Å². The van der Waals surface area contributed by atoms with Crippen molar-refractivity contribution in [3.8, 4) is 11.5 Å². The Morgan fingerprint density at radius 1 is 1.44 bits per heavy atom. The normalized spacial score (nSPS) is 15.3. The van der Waals surface area contributed by atoms with Gasteiger partial charge in [0.05, 0.1) is 37.4 Å². The molecule has 0 aromatic heterocycles. The highest BCUT2D eigenvalue weighted by atomic mass is 79.9. The zero-order valence-electron chi connectivity index (χ0n) is 10.7. The maximum atomic E-state index is 5.56. The SMILES string of the molecule is CCOc1c(Br)cc(CNC2COC2)cc1OC. The highest BCUT2D eigenvalue weighted by Crippen LogP contribution is 2.36. The Bertz CT molecular complexity index is 407. The van der Waals surface area contributed by atoms with Crippen LogP contribution in [0, 0.1) is 0 Å². The lowest BCUT2D eigenvalue weighted by atomic mass is 10.1. The van der Waals surface area contributed by atoms with Crippen molar-refractivity contribution < 1.29 is 14.2 Å². The Morgan fingerprint density at radius 3 is 2.78 bits per heavy atom. The van der Waals surface area contributed by atoms with Gasteiger partial charge < -0.3 is 19.5 Å². The summed E-state index contributed by atoms with van der Waals surface area (Å²) in [4.78, 5) is 0. The summed E-state index contributed by atoms with van der Waals surface area (Å²) in [6.45, 7) is 4.98. The first-order chi connectivity index (χ1) is 8.74. The van der Waals surface area contributed by atoms with Gasteiger partial charge in [-0.05, 0) is 40.5 Å². The molecule has 1 saturated heterocycles. The van der Waals surface area contributed by atoms with Gasteiger partial charge in [0.2, 0.25) is 0 Å². The minimum Gasteiger partial charge on any atom is -0.493 e. The van der Waals surface area contributed by atoms with E-state index in [4.69, 9.17) is 14.2 Å². The van der Waals surface area contributed by atoms with Crippen molar-refractivity contribution in [1.29, 1.82) is 0 Å². The molecule has 0 aliphatic carbocycles. The van der Waals surface area contributed by atoms with Gasteiger partial charge in [0.1, 0.15) is 0 Å². The summed E-state index contributed by atoms with van der Waals surface area (Å²) in [6.07, 6.45) is 0. The number of ether oxygens (including phenoxy) is 3. The molecule has 1 N–H and O–H groups in total. The molecular formula is C13H18BrNO3. The molecule has 0 radical (unpaired) electrons. The fourth-order valence-electron chi connectivity index (χ4n) is 1.78. The molecule has 1 aliphatic heterocycles. The molecule has 0 bridgehead atoms. The fraction of sp³-hybridized carbons (Fsp3) is 0.538. The quantitative estimate of drug-likeness (QED) is 0.874. The zero-order valence-corrected chi connectivity index (χ0v) is 12.2. The van der Waals surface area contributed by atoms with Crippen molar-refractivity contribution >= 4 is 15.9 Å². The van der Waals surface area contributed by atoms with Crippen LogP contribution >= 0.6 is 15.9 Å². The van der Waals surface area contributed by atoms with Crippen LogP contribution in [0.1, 0.15) is 12.5 Å². The topological polar surface area (TPSA) is 39.7 Å². The lowest BCUT2D eigenvalue weighted by Crippen LogP contribution is -2.45. The molecule has 0 unspecified atom stereocenters. The van der Waals surface area contributed by atoms with Crippen molar-refractivity contribution in [3.63, 3.8) is 0 Å². The Morgan fingerprint density at radius 2 is 2.22 bits per heavy atom. The van der Waals surface area contributed by atoms with Crippen LogP contribution in [0.5, 0.6) is 11.5 Å². The second kappa shape index (κ2) is 6.41. The van der Waals surface area contributed by atoms with Crippen LogP contribution in [0.15, 0.2) is 16.6 Å². The number of rotatable bonds is 6. The summed E-state index contributed by atoms with van der Waals surface area (Å²) in [5.74, 6) is 1.52. The predicted molar refractivity (Wildman–Crippen MR) is 73.3 cm³/mol. The summed E-state index contributed by atoms with van der Waals surface area (Å²) in [6, 6.07) is 4.53. The molecule has 1 heterocycles. The van der Waals surface area contributed by atoms with Crippen LogP contribution in [-0.2, 0) is 11.3 Å². The van der Waals surface area contributed by atoms with Crippen molar-refractivity contribution in [2.24, 2.45) is 0 Å². The molecule has 2 rings (SSSR count). The van der Waals surface area contributed by atoms with E-state index in [0.717, 1.165) is 41.3 Å². The van der Waals surface area contributed by atoms with Crippen molar-refractivity contribution in [2.45, 2.75) is 19.5 Å². The van der Waals surface area contributed by atoms with Gasteiger partial charge in [-0.1, -0.05) is 0 Å². The Labute approximate surface area is 116 Å². The molecule has 4 nitrogen and oxygen atoms in total. The minimum absolute atomic E-state index is 0.473. The largest absolute Gasteiger partial charge is 0.493 e. The fourth-order valence-corrected chi connectivity index (χ4v) is 2.38. The lowest BCUT2D eigenvalue weighted by Gasteiger charge is -2.27. The summed E-state index contributed by atoms with van der Waals surface area (Å²) >= 11 is 3.52. The maximum absolute atomic E-state index is 5.56. The van der Waals surface area contributed by atoms with Gasteiger partial charge in [-0.2, -0.15) is 0 Å². The molecule has 0 saturated carbocycles. The monoisotopic (exact) mass is 315 g/mol. The van der Waals surface area contributed by atoms with E-state index in [1.807, 2.05) is 13.0 Å². The molecule has 5 heteroatoms. The van der Waals surface area contributed by atoms with E-state index < -0.39 is 0 Å². The van der Waals surface area contributed by atoms with Crippen molar-refractivity contribution in [1.82, 2.24) is 5.32 Å². The van der Waals surface area contributed by atoms with E-state index in [-0.39, 0.29) is 0 Å². The van der Waals surface area contributed by atoms with Crippen LogP contribution in [-0.4, -0.2) is 33.0 Å². The second-order valence-electron chi connectivity index (χ2n) is 4.16. The van der Waals surface area contributed by atoms with Gasteiger partial charge in [0.25, 0.3) is 0 Å². The predicted octanol–water partition coefficient (Wildman–Crippen LogP) is 2.34. The molecule has 1 aromatic carbocycles. The third-order valence-corrected chi connectivity index (χ3v) is 3.40. The van der Waals surface area contributed by atoms with E-state index in [1.165, 1.54) is 0 Å². The van der Waals surface area contributed by atoms with Crippen LogP contribution < -0.4 is 14.8 Å². The van der Waals surface area contributed by atoms with Crippen LogP contribution in [0.3, 0.4) is 0 Å². The van der Waals surface area contributed by atoms with Crippen molar-refractivity contribution in [3.05, 3.63) is 22.2 Å². The zero-order chi connectivity index (χ0) is 13.0. The summed E-state index contributed by atoms with van der Waals surface area (Å²) in [7, 11) is 1.65. The summed E-state index contributed by atoms with van der Waals surface area (Å²) in [5, 5.41) is 3.42. The Balaban J connectivity index is 2.08. The van der Waals surface area contributed by atoms with Crippen LogP contribution in [0.4, 0.5) is 0 Å². The Kier molecular flexibility index (Phi) is 4.86. The highest BCUT2D eigenvalue weighted by molar-refractivity contribution is 9.10. The van der Waals surface area contributed by atoms with Crippen molar-refractivity contribution in [2.75, 3.05) is 26.9 Å². The number of halogens is 1. The van der Waals surface area contributed by atoms with Gasteiger partial charge in [-0.25, -0.2) is 0 Å². The van der Waals surface area contributed by atoms with Gasteiger partial charge in [0.15, 0.2) is 11.5 Å². The van der Waals surface area contributed by atoms with Crippen LogP contribution in [0.25, 0.3) is 0 Å². The number of benzene rings is 1. The Hall–Kier alpha value is -0.780. The number of nitrogens with one attached hydrogen (secondary N) is 1. The van der Waals surface area contributed by atoms with E-state index in [1.54, 1.807) is 7.11 Å². The second-order valence-corrected chi connectivity index (χ2v) is 5.01. The number of hydrogen-bond donors (Lipinski definition) is 1. The third-order valence-electron chi connectivity index (χ3n) is 2.81. The number of methoxy groups -OCH3 is 1. The highest BCUT2D eigenvalue weighted by Gasteiger charge is 2.18. The minimum atomic E-state index is 0.473. The summed E-state index contributed by atoms with van der Waals surface area (Å²) < 4.78 is 17.0. The van der Waals surface area contributed by atoms with E-state index in [9.17, 15) is 0 Å². The molecule has 1 fully saturated rings.